The second-order valence-corrected chi connectivity index (χ2v) is 8.52. The van der Waals surface area contributed by atoms with Gasteiger partial charge in [-0.3, -0.25) is 9.59 Å². The molecule has 2 amide bonds. The van der Waals surface area contributed by atoms with Crippen LogP contribution in [0.1, 0.15) is 25.0 Å². The Balaban J connectivity index is 1.98. The molecule has 5 N–H and O–H groups in total. The number of aromatic amines is 1. The molecule has 6 heteroatoms. The third-order valence-electron chi connectivity index (χ3n) is 5.73. The molecule has 0 saturated heterocycles. The first-order chi connectivity index (χ1) is 15.8. The van der Waals surface area contributed by atoms with Gasteiger partial charge in [-0.1, -0.05) is 36.9 Å². The zero-order valence-electron chi connectivity index (χ0n) is 19.1. The van der Waals surface area contributed by atoms with Gasteiger partial charge in [-0.05, 0) is 67.3 Å². The highest BCUT2D eigenvalue weighted by Crippen LogP contribution is 2.39. The molecule has 1 aromatic heterocycles. The molecule has 0 fully saturated rings. The van der Waals surface area contributed by atoms with Crippen LogP contribution in [0.5, 0.6) is 0 Å². The van der Waals surface area contributed by atoms with Gasteiger partial charge in [0.25, 0.3) is 0 Å². The second-order valence-electron chi connectivity index (χ2n) is 8.52. The van der Waals surface area contributed by atoms with E-state index in [0.29, 0.717) is 6.04 Å². The Kier molecular flexibility index (Phi) is 5.92. The molecule has 0 aliphatic carbocycles. The van der Waals surface area contributed by atoms with Crippen LogP contribution in [-0.2, 0) is 16.0 Å². The average molecular weight is 441 g/mol. The van der Waals surface area contributed by atoms with Gasteiger partial charge in [-0.15, -0.1) is 0 Å². The van der Waals surface area contributed by atoms with E-state index < -0.39 is 0 Å². The summed E-state index contributed by atoms with van der Waals surface area (Å²) in [5.41, 5.74) is 13.0. The molecule has 0 aliphatic rings. The Bertz CT molecular complexity index is 1400. The maximum absolute atomic E-state index is 11.9. The summed E-state index contributed by atoms with van der Waals surface area (Å²) in [5.74, 6) is -0.635. The zero-order valence-corrected chi connectivity index (χ0v) is 19.1. The van der Waals surface area contributed by atoms with Gasteiger partial charge in [0.05, 0.1) is 11.9 Å². The topological polar surface area (TPSA) is 100 Å². The molecule has 4 aromatic rings. The Morgan fingerprint density at radius 3 is 2.61 bits per heavy atom. The second kappa shape index (κ2) is 8.82. The highest BCUT2D eigenvalue weighted by Gasteiger charge is 2.17. The van der Waals surface area contributed by atoms with E-state index >= 15 is 0 Å². The first-order valence-electron chi connectivity index (χ1n) is 10.9. The van der Waals surface area contributed by atoms with Gasteiger partial charge < -0.3 is 21.4 Å². The fraction of sp³-hybridized carbons (Fsp3) is 0.185. The summed E-state index contributed by atoms with van der Waals surface area (Å²) in [5, 5.41) is 8.39. The summed E-state index contributed by atoms with van der Waals surface area (Å²) in [6.07, 6.45) is 1.40. The normalized spacial score (nSPS) is 11.2. The van der Waals surface area contributed by atoms with Crippen molar-refractivity contribution < 1.29 is 9.59 Å². The summed E-state index contributed by atoms with van der Waals surface area (Å²) in [6.45, 7) is 9.71. The molecule has 0 spiro atoms. The van der Waals surface area contributed by atoms with Crippen LogP contribution < -0.4 is 16.4 Å². The zero-order chi connectivity index (χ0) is 23.7. The van der Waals surface area contributed by atoms with Crippen LogP contribution in [0, 0.1) is 6.92 Å². The number of benzene rings is 3. The fourth-order valence-electron chi connectivity index (χ4n) is 4.30. The van der Waals surface area contributed by atoms with Crippen molar-refractivity contribution in [1.82, 2.24) is 4.98 Å². The maximum atomic E-state index is 11.9. The Hall–Kier alpha value is -4.06. The van der Waals surface area contributed by atoms with E-state index in [1.807, 2.05) is 37.3 Å². The summed E-state index contributed by atoms with van der Waals surface area (Å²) < 4.78 is 0. The minimum absolute atomic E-state index is 0.148. The molecule has 6 nitrogen and oxygen atoms in total. The van der Waals surface area contributed by atoms with E-state index in [2.05, 4.69) is 54.2 Å². The summed E-state index contributed by atoms with van der Waals surface area (Å²) >= 11 is 0. The lowest BCUT2D eigenvalue weighted by molar-refractivity contribution is -0.117. The van der Waals surface area contributed by atoms with Crippen LogP contribution in [-0.4, -0.2) is 22.8 Å². The highest BCUT2D eigenvalue weighted by atomic mass is 16.1. The van der Waals surface area contributed by atoms with Crippen molar-refractivity contribution in [2.24, 2.45) is 5.73 Å². The first-order valence-corrected chi connectivity index (χ1v) is 10.9. The molecule has 3 aromatic carbocycles. The third kappa shape index (κ3) is 4.32. The number of nitrogens with one attached hydrogen (secondary N) is 3. The van der Waals surface area contributed by atoms with Crippen molar-refractivity contribution in [2.45, 2.75) is 33.2 Å². The SMILES string of the molecule is C=CC(=O)Nc1cccc(-c2ccc(CC(N)=O)c3[nH]c4cc(NC(C)C)ccc4c23)c1C. The summed E-state index contributed by atoms with van der Waals surface area (Å²) in [7, 11) is 0. The van der Waals surface area contributed by atoms with Gasteiger partial charge >= 0.3 is 0 Å². The van der Waals surface area contributed by atoms with Gasteiger partial charge in [0.1, 0.15) is 0 Å². The predicted molar refractivity (Wildman–Crippen MR) is 136 cm³/mol. The van der Waals surface area contributed by atoms with E-state index in [1.54, 1.807) is 0 Å². The highest BCUT2D eigenvalue weighted by molar-refractivity contribution is 6.16. The van der Waals surface area contributed by atoms with Crippen molar-refractivity contribution in [3.8, 4) is 11.1 Å². The number of amides is 2. The number of hydrogen-bond donors (Lipinski definition) is 4. The molecule has 0 unspecified atom stereocenters. The molecule has 0 saturated carbocycles. The number of anilines is 2. The summed E-state index contributed by atoms with van der Waals surface area (Å²) in [6, 6.07) is 16.3. The molecule has 0 radical (unpaired) electrons. The van der Waals surface area contributed by atoms with Crippen molar-refractivity contribution in [3.05, 3.63) is 72.3 Å². The first kappa shape index (κ1) is 22.1. The Labute approximate surface area is 192 Å². The van der Waals surface area contributed by atoms with Gasteiger partial charge in [0, 0.05) is 33.7 Å². The van der Waals surface area contributed by atoms with Crippen LogP contribution in [0.2, 0.25) is 0 Å². The molecular formula is C27H28N4O2. The number of primary amides is 1. The maximum Gasteiger partial charge on any atom is 0.247 e. The lowest BCUT2D eigenvalue weighted by Gasteiger charge is -2.14. The molecule has 4 rings (SSSR count). The minimum atomic E-state index is -0.379. The molecule has 0 atom stereocenters. The lowest BCUT2D eigenvalue weighted by atomic mass is 9.93. The van der Waals surface area contributed by atoms with Crippen LogP contribution in [0.25, 0.3) is 32.9 Å². The van der Waals surface area contributed by atoms with E-state index in [4.69, 9.17) is 5.73 Å². The predicted octanol–water partition coefficient (Wildman–Crippen LogP) is 5.27. The largest absolute Gasteiger partial charge is 0.383 e. The van der Waals surface area contributed by atoms with Gasteiger partial charge in [0.2, 0.25) is 11.8 Å². The monoisotopic (exact) mass is 440 g/mol. The number of aromatic nitrogens is 1. The van der Waals surface area contributed by atoms with E-state index in [9.17, 15) is 9.59 Å². The number of nitrogens with two attached hydrogens (primary N) is 1. The Morgan fingerprint density at radius 2 is 1.91 bits per heavy atom. The molecular weight excluding hydrogens is 412 g/mol. The summed E-state index contributed by atoms with van der Waals surface area (Å²) in [4.78, 5) is 27.2. The number of H-pyrrole nitrogens is 1. The van der Waals surface area contributed by atoms with Crippen LogP contribution in [0.4, 0.5) is 11.4 Å². The molecule has 0 bridgehead atoms. The van der Waals surface area contributed by atoms with Crippen molar-refractivity contribution >= 4 is 45.0 Å². The van der Waals surface area contributed by atoms with Crippen molar-refractivity contribution in [1.29, 1.82) is 0 Å². The molecule has 168 valence electrons. The molecule has 1 heterocycles. The quantitative estimate of drug-likeness (QED) is 0.295. The van der Waals surface area contributed by atoms with Gasteiger partial charge in [-0.25, -0.2) is 0 Å². The van der Waals surface area contributed by atoms with Crippen molar-refractivity contribution in [2.75, 3.05) is 10.6 Å². The van der Waals surface area contributed by atoms with Crippen LogP contribution in [0.3, 0.4) is 0 Å². The van der Waals surface area contributed by atoms with Gasteiger partial charge in [-0.2, -0.15) is 0 Å². The van der Waals surface area contributed by atoms with Gasteiger partial charge in [0.15, 0.2) is 0 Å². The third-order valence-corrected chi connectivity index (χ3v) is 5.73. The number of rotatable bonds is 7. The number of fused-ring (bicyclic) bond motifs is 3. The smallest absolute Gasteiger partial charge is 0.247 e. The lowest BCUT2D eigenvalue weighted by Crippen LogP contribution is -2.13. The number of carbonyl (C=O) groups is 2. The Morgan fingerprint density at radius 1 is 1.12 bits per heavy atom. The van der Waals surface area contributed by atoms with Crippen LogP contribution in [0.15, 0.2) is 61.2 Å². The average Bonchev–Trinajstić information content (AvgIpc) is 3.14. The van der Waals surface area contributed by atoms with E-state index in [1.165, 1.54) is 6.08 Å². The standard InChI is InChI=1S/C27H28N4O2/c1-5-25(33)30-22-8-6-7-19(16(22)4)20-11-9-17(13-24(28)32)27-26(20)21-12-10-18(29-15(2)3)14-23(21)31-27/h5-12,14-15,29,31H,1,13H2,2-4H3,(H2,28,32)(H,30,33). The van der Waals surface area contributed by atoms with E-state index in [0.717, 1.165) is 55.4 Å². The minimum Gasteiger partial charge on any atom is -0.383 e. The number of hydrogen-bond acceptors (Lipinski definition) is 3. The fourth-order valence-corrected chi connectivity index (χ4v) is 4.30. The molecule has 0 aliphatic heterocycles. The van der Waals surface area contributed by atoms with Crippen LogP contribution >= 0.6 is 0 Å². The van der Waals surface area contributed by atoms with Crippen molar-refractivity contribution in [3.63, 3.8) is 0 Å². The molecule has 33 heavy (non-hydrogen) atoms. The van der Waals surface area contributed by atoms with E-state index in [-0.39, 0.29) is 18.2 Å². The number of carbonyl (C=O) groups excluding carboxylic acids is 2.